The van der Waals surface area contributed by atoms with E-state index in [1.165, 1.54) is 39.4 Å². The fraction of sp³-hybridized carbons (Fsp3) is 0.359. The van der Waals surface area contributed by atoms with Crippen LogP contribution < -0.4 is 24.8 Å². The van der Waals surface area contributed by atoms with E-state index >= 15 is 0 Å². The molecule has 0 radical (unpaired) electrons. The fourth-order valence-electron chi connectivity index (χ4n) is 5.53. The van der Waals surface area contributed by atoms with Gasteiger partial charge >= 0.3 is 5.97 Å². The van der Waals surface area contributed by atoms with Crippen LogP contribution in [0.5, 0.6) is 34.5 Å². The third kappa shape index (κ3) is 9.96. The zero-order chi connectivity index (χ0) is 37.5. The van der Waals surface area contributed by atoms with Crippen molar-refractivity contribution in [2.45, 2.75) is 58.0 Å². The van der Waals surface area contributed by atoms with Crippen molar-refractivity contribution in [1.82, 2.24) is 10.6 Å². The highest BCUT2D eigenvalue weighted by Crippen LogP contribution is 2.38. The first kappa shape index (κ1) is 39.8. The molecule has 51 heavy (non-hydrogen) atoms. The predicted molar refractivity (Wildman–Crippen MR) is 193 cm³/mol. The summed E-state index contributed by atoms with van der Waals surface area (Å²) in [5.74, 6) is 0.500. The molecule has 1 heterocycles. The van der Waals surface area contributed by atoms with Crippen LogP contribution in [0.3, 0.4) is 0 Å². The molecule has 1 unspecified atom stereocenters. The highest BCUT2D eigenvalue weighted by Gasteiger charge is 2.29. The molecule has 274 valence electrons. The maximum absolute atomic E-state index is 12.0. The highest BCUT2D eigenvalue weighted by atomic mass is 16.6. The number of methoxy groups -OCH3 is 1. The number of fused-ring (bicyclic) bond motifs is 1. The summed E-state index contributed by atoms with van der Waals surface area (Å²) in [7, 11) is 4.35. The molecule has 1 aliphatic heterocycles. The number of esters is 1. The molecule has 4 rings (SSSR count). The van der Waals surface area contributed by atoms with Crippen molar-refractivity contribution in [2.24, 2.45) is 0 Å². The Morgan fingerprint density at radius 3 is 1.96 bits per heavy atom. The molecule has 1 aliphatic rings. The molecule has 1 atom stereocenters. The number of carbonyl (C=O) groups excluding carboxylic acids is 3. The van der Waals surface area contributed by atoms with E-state index in [1.54, 1.807) is 18.2 Å². The van der Waals surface area contributed by atoms with E-state index in [2.05, 4.69) is 30.7 Å². The van der Waals surface area contributed by atoms with Gasteiger partial charge in [-0.25, -0.2) is 4.79 Å². The molecule has 0 fully saturated rings. The number of benzene rings is 3. The summed E-state index contributed by atoms with van der Waals surface area (Å²) < 4.78 is 22.9. The monoisotopic (exact) mass is 704 g/mol. The average Bonchev–Trinajstić information content (AvgIpc) is 3.14. The topological polar surface area (TPSA) is 173 Å². The number of phenols is 3. The predicted octanol–water partition coefficient (Wildman–Crippen LogP) is 5.33. The molecule has 0 spiro atoms. The van der Waals surface area contributed by atoms with E-state index in [0.29, 0.717) is 55.8 Å². The Hall–Kier alpha value is -5.65. The number of aromatic hydroxyl groups is 3. The molecule has 0 bridgehead atoms. The lowest BCUT2D eigenvalue weighted by molar-refractivity contribution is -0.149. The Labute approximate surface area is 298 Å². The summed E-state index contributed by atoms with van der Waals surface area (Å²) in [4.78, 5) is 35.3. The van der Waals surface area contributed by atoms with Crippen LogP contribution in [0.2, 0.25) is 0 Å². The molecule has 0 aromatic heterocycles. The summed E-state index contributed by atoms with van der Waals surface area (Å²) >= 11 is 0. The standard InChI is InChI=1S/C28H35NO7.C11H13NO3/c1-5-8-19-22(15-12-21(25(19)30)27(31)29-3)34-16-7-17-35-23-13-10-18-11-14-24(28(32)33-4)36-26(18)20(23)9-6-2;1-3-4-7-9(13)6-5-8(10(7)14)11(15)12-2/h5,10,12-13,15,24,30H,1,6-9,11,14,16-17H2,2-4H3,(H,29,31);3,5-6,13-14H,1,4H2,2H3,(H,12,15). The maximum atomic E-state index is 12.0. The Kier molecular flexibility index (Phi) is 15.2. The van der Waals surface area contributed by atoms with Crippen molar-refractivity contribution in [2.75, 3.05) is 34.4 Å². The second-order valence-electron chi connectivity index (χ2n) is 11.5. The molecule has 0 saturated carbocycles. The fourth-order valence-corrected chi connectivity index (χ4v) is 5.53. The number of phenolic OH excluding ortho intramolecular Hbond substituents is 3. The third-order valence-electron chi connectivity index (χ3n) is 8.14. The molecule has 12 heteroatoms. The first-order valence-corrected chi connectivity index (χ1v) is 16.8. The lowest BCUT2D eigenvalue weighted by atomic mass is 9.96. The van der Waals surface area contributed by atoms with E-state index in [-0.39, 0.29) is 40.3 Å². The van der Waals surface area contributed by atoms with Gasteiger partial charge in [-0.2, -0.15) is 0 Å². The van der Waals surface area contributed by atoms with Gasteiger partial charge in [-0.15, -0.1) is 13.2 Å². The van der Waals surface area contributed by atoms with Gasteiger partial charge in [0.05, 0.1) is 31.5 Å². The van der Waals surface area contributed by atoms with Gasteiger partial charge < -0.3 is 44.9 Å². The van der Waals surface area contributed by atoms with Crippen LogP contribution in [0.15, 0.2) is 61.7 Å². The number of allylic oxidation sites excluding steroid dienone is 2. The summed E-state index contributed by atoms with van der Waals surface area (Å²) in [6.07, 6.45) is 6.88. The van der Waals surface area contributed by atoms with Crippen molar-refractivity contribution in [3.05, 3.63) is 95.1 Å². The van der Waals surface area contributed by atoms with Crippen LogP contribution in [-0.2, 0) is 35.2 Å². The van der Waals surface area contributed by atoms with E-state index in [0.717, 1.165) is 41.9 Å². The second-order valence-corrected chi connectivity index (χ2v) is 11.5. The zero-order valence-electron chi connectivity index (χ0n) is 29.7. The van der Waals surface area contributed by atoms with E-state index in [9.17, 15) is 29.7 Å². The van der Waals surface area contributed by atoms with Crippen molar-refractivity contribution >= 4 is 17.8 Å². The third-order valence-corrected chi connectivity index (χ3v) is 8.14. The molecular weight excluding hydrogens is 656 g/mol. The minimum Gasteiger partial charge on any atom is -0.508 e. The maximum Gasteiger partial charge on any atom is 0.347 e. The van der Waals surface area contributed by atoms with Gasteiger partial charge in [-0.1, -0.05) is 31.6 Å². The lowest BCUT2D eigenvalue weighted by Crippen LogP contribution is -2.32. The SMILES string of the molecule is C=CCc1c(O)ccc(C(=O)NC)c1O.C=CCc1c(OCCCOc2ccc3c(c2CCC)OC(C(=O)OC)CC3)ccc(C(=O)NC)c1O. The van der Waals surface area contributed by atoms with Gasteiger partial charge in [0.1, 0.15) is 34.5 Å². The molecule has 2 amide bonds. The molecule has 5 N–H and O–H groups in total. The molecule has 0 aliphatic carbocycles. The summed E-state index contributed by atoms with van der Waals surface area (Å²) in [5.41, 5.74) is 3.21. The first-order chi connectivity index (χ1) is 24.6. The van der Waals surface area contributed by atoms with E-state index < -0.39 is 12.0 Å². The molecular formula is C39H48N2O10. The van der Waals surface area contributed by atoms with E-state index in [1.807, 2.05) is 12.1 Å². The van der Waals surface area contributed by atoms with Crippen molar-refractivity contribution in [3.8, 4) is 34.5 Å². The Balaban J connectivity index is 0.000000391. The van der Waals surface area contributed by atoms with Crippen LogP contribution in [0, 0.1) is 0 Å². The van der Waals surface area contributed by atoms with Gasteiger partial charge in [0.25, 0.3) is 11.8 Å². The quantitative estimate of drug-likeness (QED) is 0.0791. The summed E-state index contributed by atoms with van der Waals surface area (Å²) in [5, 5.41) is 34.7. The van der Waals surface area contributed by atoms with Crippen LogP contribution in [0.25, 0.3) is 0 Å². The Bertz CT molecular complexity index is 1720. The van der Waals surface area contributed by atoms with Gasteiger partial charge in [-0.05, 0) is 68.0 Å². The smallest absolute Gasteiger partial charge is 0.347 e. The van der Waals surface area contributed by atoms with E-state index in [4.69, 9.17) is 18.9 Å². The summed E-state index contributed by atoms with van der Waals surface area (Å²) in [6.45, 7) is 10.1. The second kappa shape index (κ2) is 19.5. The normalized spacial score (nSPS) is 12.9. The lowest BCUT2D eigenvalue weighted by Gasteiger charge is -2.27. The number of rotatable bonds is 15. The summed E-state index contributed by atoms with van der Waals surface area (Å²) in [6, 6.07) is 9.93. The Morgan fingerprint density at radius 2 is 1.39 bits per heavy atom. The van der Waals surface area contributed by atoms with Crippen molar-refractivity contribution in [3.63, 3.8) is 0 Å². The minimum absolute atomic E-state index is 0.0416. The number of hydrogen-bond acceptors (Lipinski definition) is 10. The van der Waals surface area contributed by atoms with Crippen LogP contribution >= 0.6 is 0 Å². The van der Waals surface area contributed by atoms with Crippen LogP contribution in [0.4, 0.5) is 0 Å². The van der Waals surface area contributed by atoms with Crippen molar-refractivity contribution in [1.29, 1.82) is 0 Å². The number of amides is 2. The largest absolute Gasteiger partial charge is 0.508 e. The van der Waals surface area contributed by atoms with Crippen LogP contribution in [0.1, 0.15) is 69.2 Å². The molecule has 3 aromatic rings. The minimum atomic E-state index is -0.599. The van der Waals surface area contributed by atoms with Gasteiger partial charge in [0, 0.05) is 37.2 Å². The van der Waals surface area contributed by atoms with Gasteiger partial charge in [0.15, 0.2) is 6.10 Å². The molecule has 3 aromatic carbocycles. The Morgan fingerprint density at radius 1 is 0.843 bits per heavy atom. The number of aryl methyl sites for hydroxylation is 1. The number of ether oxygens (including phenoxy) is 4. The number of nitrogens with one attached hydrogen (secondary N) is 2. The molecule has 12 nitrogen and oxygen atoms in total. The van der Waals surface area contributed by atoms with Crippen LogP contribution in [-0.4, -0.2) is 73.6 Å². The number of carbonyl (C=O) groups is 3. The van der Waals surface area contributed by atoms with Gasteiger partial charge in [-0.3, -0.25) is 9.59 Å². The zero-order valence-corrected chi connectivity index (χ0v) is 29.7. The van der Waals surface area contributed by atoms with Gasteiger partial charge in [0.2, 0.25) is 0 Å². The van der Waals surface area contributed by atoms with Crippen molar-refractivity contribution < 1.29 is 48.7 Å². The average molecular weight is 705 g/mol. The molecule has 0 saturated heterocycles. The highest BCUT2D eigenvalue weighted by molar-refractivity contribution is 5.98. The first-order valence-electron chi connectivity index (χ1n) is 16.8. The number of hydrogen-bond donors (Lipinski definition) is 5.